The molecule has 0 spiro atoms. The van der Waals surface area contributed by atoms with Crippen LogP contribution in [0.1, 0.15) is 20.8 Å². The topological polar surface area (TPSA) is 111 Å². The fourth-order valence-corrected chi connectivity index (χ4v) is 1.50. The third kappa shape index (κ3) is 4.68. The molecule has 1 rings (SSSR count). The summed E-state index contributed by atoms with van der Waals surface area (Å²) >= 11 is 0. The highest BCUT2D eigenvalue weighted by Gasteiger charge is 2.16. The van der Waals surface area contributed by atoms with Crippen molar-refractivity contribution in [2.75, 3.05) is 5.32 Å². The Morgan fingerprint density at radius 2 is 2.00 bits per heavy atom. The quantitative estimate of drug-likeness (QED) is 0.837. The number of aromatic nitrogens is 1. The van der Waals surface area contributed by atoms with E-state index in [1.54, 1.807) is 20.8 Å². The SMILES string of the molecule is CC(C)(C)OC(=O)Nc1ccc(S(N)(=O)=O)nc1. The smallest absolute Gasteiger partial charge is 0.412 e. The Balaban J connectivity index is 2.73. The first-order valence-electron chi connectivity index (χ1n) is 5.07. The highest BCUT2D eigenvalue weighted by Crippen LogP contribution is 2.12. The van der Waals surface area contributed by atoms with Gasteiger partial charge in [0, 0.05) is 0 Å². The van der Waals surface area contributed by atoms with Crippen molar-refractivity contribution in [2.45, 2.75) is 31.4 Å². The molecule has 0 atom stereocenters. The number of carbonyl (C=O) groups is 1. The first kappa shape index (κ1) is 14.4. The van der Waals surface area contributed by atoms with Gasteiger partial charge in [0.15, 0.2) is 5.03 Å². The van der Waals surface area contributed by atoms with E-state index >= 15 is 0 Å². The molecule has 0 bridgehead atoms. The fraction of sp³-hybridized carbons (Fsp3) is 0.400. The minimum atomic E-state index is -3.83. The van der Waals surface area contributed by atoms with E-state index < -0.39 is 21.7 Å². The van der Waals surface area contributed by atoms with Gasteiger partial charge in [-0.1, -0.05) is 0 Å². The summed E-state index contributed by atoms with van der Waals surface area (Å²) < 4.78 is 26.9. The molecule has 7 nitrogen and oxygen atoms in total. The summed E-state index contributed by atoms with van der Waals surface area (Å²) in [5, 5.41) is 7.04. The van der Waals surface area contributed by atoms with Gasteiger partial charge in [-0.2, -0.15) is 0 Å². The van der Waals surface area contributed by atoms with Crippen molar-refractivity contribution in [3.63, 3.8) is 0 Å². The van der Waals surface area contributed by atoms with Crippen molar-refractivity contribution in [1.82, 2.24) is 4.98 Å². The molecule has 0 aromatic carbocycles. The third-order valence-corrected chi connectivity index (χ3v) is 2.50. The van der Waals surface area contributed by atoms with Crippen LogP contribution in [0.2, 0.25) is 0 Å². The number of hydrogen-bond acceptors (Lipinski definition) is 5. The minimum Gasteiger partial charge on any atom is -0.444 e. The maximum absolute atomic E-state index is 11.4. The number of nitrogens with one attached hydrogen (secondary N) is 1. The van der Waals surface area contributed by atoms with E-state index in [0.29, 0.717) is 5.69 Å². The van der Waals surface area contributed by atoms with Crippen molar-refractivity contribution >= 4 is 21.8 Å². The van der Waals surface area contributed by atoms with Crippen LogP contribution in [-0.4, -0.2) is 25.1 Å². The maximum Gasteiger partial charge on any atom is 0.412 e. The molecule has 0 saturated carbocycles. The number of nitrogens with two attached hydrogens (primary N) is 1. The van der Waals surface area contributed by atoms with Crippen molar-refractivity contribution in [2.24, 2.45) is 5.14 Å². The Morgan fingerprint density at radius 1 is 1.39 bits per heavy atom. The van der Waals surface area contributed by atoms with Crippen LogP contribution < -0.4 is 10.5 Å². The van der Waals surface area contributed by atoms with E-state index in [0.717, 1.165) is 0 Å². The second-order valence-electron chi connectivity index (χ2n) is 4.56. The van der Waals surface area contributed by atoms with Crippen molar-refractivity contribution in [1.29, 1.82) is 0 Å². The first-order chi connectivity index (χ1) is 8.08. The lowest BCUT2D eigenvalue weighted by Crippen LogP contribution is -2.27. The molecule has 0 aliphatic carbocycles. The van der Waals surface area contributed by atoms with Gasteiger partial charge in [0.1, 0.15) is 5.60 Å². The zero-order chi connectivity index (χ0) is 14.0. The number of nitrogens with zero attached hydrogens (tertiary/aromatic N) is 1. The number of primary sulfonamides is 1. The van der Waals surface area contributed by atoms with Gasteiger partial charge >= 0.3 is 6.09 Å². The van der Waals surface area contributed by atoms with E-state index in [9.17, 15) is 13.2 Å². The Labute approximate surface area is 105 Å². The lowest BCUT2D eigenvalue weighted by molar-refractivity contribution is 0.0636. The molecule has 1 aromatic rings. The average molecular weight is 273 g/mol. The number of carbonyl (C=O) groups excluding carboxylic acids is 1. The van der Waals surface area contributed by atoms with Crippen molar-refractivity contribution < 1.29 is 17.9 Å². The lowest BCUT2D eigenvalue weighted by atomic mass is 10.2. The van der Waals surface area contributed by atoms with Crippen LogP contribution >= 0.6 is 0 Å². The molecule has 0 unspecified atom stereocenters. The van der Waals surface area contributed by atoms with Crippen LogP contribution in [0.3, 0.4) is 0 Å². The monoisotopic (exact) mass is 273 g/mol. The Bertz CT molecular complexity index is 531. The minimum absolute atomic E-state index is 0.266. The van der Waals surface area contributed by atoms with Gasteiger partial charge in [-0.3, -0.25) is 5.32 Å². The standard InChI is InChI=1S/C10H15N3O4S/c1-10(2,3)17-9(14)13-7-4-5-8(12-6-7)18(11,15)16/h4-6H,1-3H3,(H,13,14)(H2,11,15,16). The molecule has 100 valence electrons. The van der Waals surface area contributed by atoms with Crippen LogP contribution in [-0.2, 0) is 14.8 Å². The van der Waals surface area contributed by atoms with Crippen LogP contribution in [0.15, 0.2) is 23.4 Å². The van der Waals surface area contributed by atoms with Crippen LogP contribution in [0.5, 0.6) is 0 Å². The summed E-state index contributed by atoms with van der Waals surface area (Å²) in [6, 6.07) is 2.57. The zero-order valence-corrected chi connectivity index (χ0v) is 11.1. The van der Waals surface area contributed by atoms with Gasteiger partial charge in [-0.15, -0.1) is 0 Å². The summed E-state index contributed by atoms with van der Waals surface area (Å²) in [5.41, 5.74) is -0.297. The first-order valence-corrected chi connectivity index (χ1v) is 6.61. The van der Waals surface area contributed by atoms with Crippen LogP contribution in [0.4, 0.5) is 10.5 Å². The second kappa shape index (κ2) is 4.91. The van der Waals surface area contributed by atoms with E-state index in [-0.39, 0.29) is 5.03 Å². The number of ether oxygens (including phenoxy) is 1. The summed E-state index contributed by atoms with van der Waals surface area (Å²) in [6.07, 6.45) is 0.539. The summed E-state index contributed by atoms with van der Waals surface area (Å²) in [4.78, 5) is 15.0. The van der Waals surface area contributed by atoms with Crippen molar-refractivity contribution in [3.8, 4) is 0 Å². The summed E-state index contributed by atoms with van der Waals surface area (Å²) in [5.74, 6) is 0. The molecule has 18 heavy (non-hydrogen) atoms. The Morgan fingerprint density at radius 3 is 2.39 bits per heavy atom. The second-order valence-corrected chi connectivity index (χ2v) is 6.07. The molecule has 0 aliphatic rings. The zero-order valence-electron chi connectivity index (χ0n) is 10.3. The van der Waals surface area contributed by atoms with Crippen LogP contribution in [0, 0.1) is 0 Å². The molecule has 1 heterocycles. The molecular formula is C10H15N3O4S. The van der Waals surface area contributed by atoms with Crippen molar-refractivity contribution in [3.05, 3.63) is 18.3 Å². The van der Waals surface area contributed by atoms with Gasteiger partial charge in [-0.25, -0.2) is 23.3 Å². The van der Waals surface area contributed by atoms with Gasteiger partial charge in [0.25, 0.3) is 10.0 Å². The Kier molecular flexibility index (Phi) is 3.92. The number of rotatable bonds is 2. The number of amides is 1. The van der Waals surface area contributed by atoms with Gasteiger partial charge < -0.3 is 4.74 Å². The van der Waals surface area contributed by atoms with Crippen LogP contribution in [0.25, 0.3) is 0 Å². The number of pyridine rings is 1. The van der Waals surface area contributed by atoms with Gasteiger partial charge in [0.2, 0.25) is 0 Å². The molecule has 0 aliphatic heterocycles. The fourth-order valence-electron chi connectivity index (χ4n) is 1.04. The average Bonchev–Trinajstić information content (AvgIpc) is 2.13. The molecular weight excluding hydrogens is 258 g/mol. The lowest BCUT2D eigenvalue weighted by Gasteiger charge is -2.19. The van der Waals surface area contributed by atoms with E-state index in [4.69, 9.17) is 9.88 Å². The number of sulfonamides is 1. The number of hydrogen-bond donors (Lipinski definition) is 2. The highest BCUT2D eigenvalue weighted by molar-refractivity contribution is 7.89. The van der Waals surface area contributed by atoms with Gasteiger partial charge in [-0.05, 0) is 32.9 Å². The predicted molar refractivity (Wildman–Crippen MR) is 65.5 cm³/mol. The molecule has 0 fully saturated rings. The molecule has 3 N–H and O–H groups in total. The number of anilines is 1. The normalized spacial score (nSPS) is 12.0. The van der Waals surface area contributed by atoms with E-state index in [1.807, 2.05) is 0 Å². The van der Waals surface area contributed by atoms with E-state index in [1.165, 1.54) is 18.3 Å². The van der Waals surface area contributed by atoms with Gasteiger partial charge in [0.05, 0.1) is 11.9 Å². The third-order valence-electron chi connectivity index (χ3n) is 1.67. The van der Waals surface area contributed by atoms with E-state index in [2.05, 4.69) is 10.3 Å². The summed E-state index contributed by atoms with van der Waals surface area (Å²) in [7, 11) is -3.83. The maximum atomic E-state index is 11.4. The molecule has 8 heteroatoms. The largest absolute Gasteiger partial charge is 0.444 e. The molecule has 0 radical (unpaired) electrons. The predicted octanol–water partition coefficient (Wildman–Crippen LogP) is 1.08. The Hall–Kier alpha value is -1.67. The molecule has 0 saturated heterocycles. The summed E-state index contributed by atoms with van der Waals surface area (Å²) in [6.45, 7) is 5.19. The molecule has 1 aromatic heterocycles. The molecule has 1 amide bonds. The highest BCUT2D eigenvalue weighted by atomic mass is 32.2.